The SMILES string of the molecule is O=C(c1ccc(Br)cc1C(F)(F)F)C1CCOCC1. The molecule has 6 heteroatoms. The fourth-order valence-electron chi connectivity index (χ4n) is 2.15. The van der Waals surface area contributed by atoms with Gasteiger partial charge in [-0.15, -0.1) is 0 Å². The first-order valence-corrected chi connectivity index (χ1v) is 6.67. The summed E-state index contributed by atoms with van der Waals surface area (Å²) >= 11 is 3.00. The summed E-state index contributed by atoms with van der Waals surface area (Å²) in [4.78, 5) is 12.2. The molecule has 1 aromatic rings. The van der Waals surface area contributed by atoms with Gasteiger partial charge in [0, 0.05) is 29.2 Å². The van der Waals surface area contributed by atoms with E-state index in [1.165, 1.54) is 12.1 Å². The van der Waals surface area contributed by atoms with Crippen LogP contribution >= 0.6 is 15.9 Å². The smallest absolute Gasteiger partial charge is 0.381 e. The van der Waals surface area contributed by atoms with Gasteiger partial charge < -0.3 is 4.74 Å². The molecule has 0 aliphatic carbocycles. The van der Waals surface area contributed by atoms with Crippen molar-refractivity contribution in [3.8, 4) is 0 Å². The molecule has 0 amide bonds. The lowest BCUT2D eigenvalue weighted by Crippen LogP contribution is -2.25. The molecule has 0 saturated carbocycles. The van der Waals surface area contributed by atoms with Gasteiger partial charge in [0.2, 0.25) is 0 Å². The van der Waals surface area contributed by atoms with Crippen LogP contribution in [0.2, 0.25) is 0 Å². The van der Waals surface area contributed by atoms with Gasteiger partial charge in [-0.3, -0.25) is 4.79 Å². The van der Waals surface area contributed by atoms with E-state index in [4.69, 9.17) is 4.74 Å². The number of benzene rings is 1. The third-order valence-electron chi connectivity index (χ3n) is 3.14. The summed E-state index contributed by atoms with van der Waals surface area (Å²) in [5, 5.41) is 0. The maximum absolute atomic E-state index is 13.0. The maximum atomic E-state index is 13.0. The van der Waals surface area contributed by atoms with Crippen LogP contribution in [0.4, 0.5) is 13.2 Å². The number of carbonyl (C=O) groups is 1. The zero-order valence-electron chi connectivity index (χ0n) is 9.97. The van der Waals surface area contributed by atoms with E-state index in [9.17, 15) is 18.0 Å². The number of ether oxygens (including phenoxy) is 1. The van der Waals surface area contributed by atoms with Crippen LogP contribution in [0.3, 0.4) is 0 Å². The van der Waals surface area contributed by atoms with Crippen LogP contribution in [0.5, 0.6) is 0 Å². The minimum atomic E-state index is -4.53. The molecule has 2 rings (SSSR count). The van der Waals surface area contributed by atoms with E-state index in [-0.39, 0.29) is 11.5 Å². The van der Waals surface area contributed by atoms with Crippen molar-refractivity contribution in [1.29, 1.82) is 0 Å². The summed E-state index contributed by atoms with van der Waals surface area (Å²) in [5.41, 5.74) is -1.12. The summed E-state index contributed by atoms with van der Waals surface area (Å²) in [5.74, 6) is -0.820. The Kier molecular flexibility index (Phi) is 4.30. The van der Waals surface area contributed by atoms with Crippen molar-refractivity contribution in [2.45, 2.75) is 19.0 Å². The Hall–Kier alpha value is -0.880. The first-order chi connectivity index (χ1) is 8.89. The number of ketones is 1. The summed E-state index contributed by atoms with van der Waals surface area (Å²) in [6, 6.07) is 3.65. The number of halogens is 4. The molecular formula is C13H12BrF3O2. The summed E-state index contributed by atoms with van der Waals surface area (Å²) in [6.07, 6.45) is -3.57. The largest absolute Gasteiger partial charge is 0.417 e. The van der Waals surface area contributed by atoms with E-state index in [0.717, 1.165) is 6.07 Å². The van der Waals surface area contributed by atoms with Crippen molar-refractivity contribution in [3.63, 3.8) is 0 Å². The van der Waals surface area contributed by atoms with Gasteiger partial charge in [0.1, 0.15) is 0 Å². The van der Waals surface area contributed by atoms with E-state index < -0.39 is 17.5 Å². The van der Waals surface area contributed by atoms with E-state index in [2.05, 4.69) is 15.9 Å². The van der Waals surface area contributed by atoms with Gasteiger partial charge in [0.15, 0.2) is 5.78 Å². The zero-order chi connectivity index (χ0) is 14.0. The van der Waals surface area contributed by atoms with Crippen molar-refractivity contribution >= 4 is 21.7 Å². The molecule has 1 aliphatic rings. The van der Waals surface area contributed by atoms with Crippen molar-refractivity contribution in [3.05, 3.63) is 33.8 Å². The maximum Gasteiger partial charge on any atom is 0.417 e. The number of rotatable bonds is 2. The highest BCUT2D eigenvalue weighted by Crippen LogP contribution is 2.35. The van der Waals surface area contributed by atoms with Crippen molar-refractivity contribution in [1.82, 2.24) is 0 Å². The Morgan fingerprint density at radius 1 is 1.26 bits per heavy atom. The number of hydrogen-bond donors (Lipinski definition) is 0. The third-order valence-corrected chi connectivity index (χ3v) is 3.64. The topological polar surface area (TPSA) is 26.3 Å². The van der Waals surface area contributed by atoms with Gasteiger partial charge in [0.05, 0.1) is 5.56 Å². The first-order valence-electron chi connectivity index (χ1n) is 5.88. The second kappa shape index (κ2) is 5.63. The number of hydrogen-bond acceptors (Lipinski definition) is 2. The number of Topliss-reactive ketones (excluding diaryl/α,β-unsaturated/α-hetero) is 1. The Bertz CT molecular complexity index is 479. The molecule has 104 valence electrons. The normalized spacial score (nSPS) is 17.5. The van der Waals surface area contributed by atoms with Gasteiger partial charge in [-0.2, -0.15) is 13.2 Å². The standard InChI is InChI=1S/C13H12BrF3O2/c14-9-1-2-10(11(7-9)13(15,16)17)12(18)8-3-5-19-6-4-8/h1-2,7-8H,3-6H2. The lowest BCUT2D eigenvalue weighted by Gasteiger charge is -2.22. The van der Waals surface area contributed by atoms with E-state index in [0.29, 0.717) is 30.5 Å². The predicted octanol–water partition coefficient (Wildman–Crippen LogP) is 4.08. The molecular weight excluding hydrogens is 325 g/mol. The highest BCUT2D eigenvalue weighted by molar-refractivity contribution is 9.10. The minimum absolute atomic E-state index is 0.248. The molecule has 19 heavy (non-hydrogen) atoms. The Balaban J connectivity index is 2.35. The van der Waals surface area contributed by atoms with E-state index in [1.807, 2.05) is 0 Å². The molecule has 2 nitrogen and oxygen atoms in total. The molecule has 0 atom stereocenters. The summed E-state index contributed by atoms with van der Waals surface area (Å²) < 4.78 is 44.3. The van der Waals surface area contributed by atoms with Crippen LogP contribution in [0.15, 0.2) is 22.7 Å². The average molecular weight is 337 g/mol. The Morgan fingerprint density at radius 2 is 1.89 bits per heavy atom. The van der Waals surface area contributed by atoms with Gasteiger partial charge in [0.25, 0.3) is 0 Å². The highest BCUT2D eigenvalue weighted by Gasteiger charge is 2.37. The van der Waals surface area contributed by atoms with Gasteiger partial charge in [-0.25, -0.2) is 0 Å². The van der Waals surface area contributed by atoms with Crippen molar-refractivity contribution in [2.75, 3.05) is 13.2 Å². The second-order valence-electron chi connectivity index (χ2n) is 4.44. The molecule has 1 aromatic carbocycles. The molecule has 1 aliphatic heterocycles. The monoisotopic (exact) mass is 336 g/mol. The predicted molar refractivity (Wildman–Crippen MR) is 67.0 cm³/mol. The highest BCUT2D eigenvalue weighted by atomic mass is 79.9. The molecule has 0 radical (unpaired) electrons. The van der Waals surface area contributed by atoms with Crippen LogP contribution in [0.1, 0.15) is 28.8 Å². The molecule has 0 unspecified atom stereocenters. The fourth-order valence-corrected chi connectivity index (χ4v) is 2.51. The number of alkyl halides is 3. The van der Waals surface area contributed by atoms with Crippen molar-refractivity contribution in [2.24, 2.45) is 5.92 Å². The molecule has 0 N–H and O–H groups in total. The lowest BCUT2D eigenvalue weighted by molar-refractivity contribution is -0.138. The molecule has 1 heterocycles. The summed E-state index contributed by atoms with van der Waals surface area (Å²) in [7, 11) is 0. The fraction of sp³-hybridized carbons (Fsp3) is 0.462. The molecule has 1 fully saturated rings. The van der Waals surface area contributed by atoms with Gasteiger partial charge in [-0.1, -0.05) is 15.9 Å². The number of carbonyl (C=O) groups excluding carboxylic acids is 1. The van der Waals surface area contributed by atoms with Gasteiger partial charge >= 0.3 is 6.18 Å². The van der Waals surface area contributed by atoms with E-state index in [1.54, 1.807) is 0 Å². The zero-order valence-corrected chi connectivity index (χ0v) is 11.6. The molecule has 0 bridgehead atoms. The van der Waals surface area contributed by atoms with E-state index >= 15 is 0 Å². The van der Waals surface area contributed by atoms with Crippen LogP contribution < -0.4 is 0 Å². The Labute approximate surface area is 117 Å². The van der Waals surface area contributed by atoms with Crippen molar-refractivity contribution < 1.29 is 22.7 Å². The third kappa shape index (κ3) is 3.36. The molecule has 1 saturated heterocycles. The van der Waals surface area contributed by atoms with Crippen LogP contribution in [-0.4, -0.2) is 19.0 Å². The van der Waals surface area contributed by atoms with Crippen LogP contribution in [-0.2, 0) is 10.9 Å². The average Bonchev–Trinajstić information content (AvgIpc) is 2.38. The van der Waals surface area contributed by atoms with Crippen LogP contribution in [0.25, 0.3) is 0 Å². The molecule has 0 aromatic heterocycles. The minimum Gasteiger partial charge on any atom is -0.381 e. The summed E-state index contributed by atoms with van der Waals surface area (Å²) in [6.45, 7) is 0.850. The lowest BCUT2D eigenvalue weighted by atomic mass is 9.88. The molecule has 0 spiro atoms. The van der Waals surface area contributed by atoms with Gasteiger partial charge in [-0.05, 0) is 31.0 Å². The second-order valence-corrected chi connectivity index (χ2v) is 5.35. The van der Waals surface area contributed by atoms with Crippen LogP contribution in [0, 0.1) is 5.92 Å². The Morgan fingerprint density at radius 3 is 2.47 bits per heavy atom. The quantitative estimate of drug-likeness (QED) is 0.761. The first kappa shape index (κ1) is 14.5.